The summed E-state index contributed by atoms with van der Waals surface area (Å²) < 4.78 is 13.1. The van der Waals surface area contributed by atoms with Crippen LogP contribution in [0.25, 0.3) is 0 Å². The molecule has 0 aromatic heterocycles. The summed E-state index contributed by atoms with van der Waals surface area (Å²) in [5.74, 6) is -0.236. The van der Waals surface area contributed by atoms with Crippen molar-refractivity contribution >= 4 is 5.91 Å². The molecule has 22 heavy (non-hydrogen) atoms. The van der Waals surface area contributed by atoms with Gasteiger partial charge in [-0.1, -0.05) is 36.4 Å². The second-order valence-electron chi connectivity index (χ2n) is 5.58. The van der Waals surface area contributed by atoms with Gasteiger partial charge < -0.3 is 10.6 Å². The number of hydrogen-bond acceptors (Lipinski definition) is 2. The Kier molecular flexibility index (Phi) is 4.49. The zero-order valence-corrected chi connectivity index (χ0v) is 12.3. The van der Waals surface area contributed by atoms with E-state index in [1.54, 1.807) is 6.07 Å². The van der Waals surface area contributed by atoms with Gasteiger partial charge in [-0.25, -0.2) is 4.39 Å². The van der Waals surface area contributed by atoms with E-state index in [1.807, 2.05) is 18.2 Å². The van der Waals surface area contributed by atoms with Crippen molar-refractivity contribution in [2.75, 3.05) is 6.54 Å². The zero-order chi connectivity index (χ0) is 15.4. The van der Waals surface area contributed by atoms with Gasteiger partial charge in [0.2, 0.25) is 5.91 Å². The average Bonchev–Trinajstić information content (AvgIpc) is 2.54. The van der Waals surface area contributed by atoms with Crippen LogP contribution in [0.4, 0.5) is 4.39 Å². The van der Waals surface area contributed by atoms with Crippen LogP contribution in [-0.4, -0.2) is 18.5 Å². The summed E-state index contributed by atoms with van der Waals surface area (Å²) in [6, 6.07) is 14.5. The molecule has 1 aliphatic heterocycles. The SMILES string of the molecule is O=C(NCCc1cccc(F)c1)C1Cc2ccccc2CN1. The van der Waals surface area contributed by atoms with E-state index in [1.165, 1.54) is 23.3 Å². The molecule has 1 aliphatic rings. The molecule has 0 saturated heterocycles. The van der Waals surface area contributed by atoms with Crippen LogP contribution in [0.2, 0.25) is 0 Å². The van der Waals surface area contributed by atoms with E-state index in [4.69, 9.17) is 0 Å². The Morgan fingerprint density at radius 3 is 2.82 bits per heavy atom. The fourth-order valence-corrected chi connectivity index (χ4v) is 2.79. The number of fused-ring (bicyclic) bond motifs is 1. The van der Waals surface area contributed by atoms with Crippen LogP contribution in [0.15, 0.2) is 48.5 Å². The molecule has 0 aliphatic carbocycles. The minimum Gasteiger partial charge on any atom is -0.354 e. The maximum atomic E-state index is 13.1. The Balaban J connectivity index is 1.51. The molecule has 1 amide bonds. The number of amides is 1. The average molecular weight is 298 g/mol. The number of halogens is 1. The highest BCUT2D eigenvalue weighted by atomic mass is 19.1. The first-order chi connectivity index (χ1) is 10.7. The molecule has 2 aromatic carbocycles. The Bertz CT molecular complexity index is 672. The van der Waals surface area contributed by atoms with Gasteiger partial charge in [-0.2, -0.15) is 0 Å². The Hall–Kier alpha value is -2.20. The van der Waals surface area contributed by atoms with Gasteiger partial charge in [-0.15, -0.1) is 0 Å². The predicted molar refractivity (Wildman–Crippen MR) is 83.9 cm³/mol. The number of benzene rings is 2. The topological polar surface area (TPSA) is 41.1 Å². The molecule has 3 rings (SSSR count). The Morgan fingerprint density at radius 2 is 2.00 bits per heavy atom. The van der Waals surface area contributed by atoms with Crippen molar-refractivity contribution in [1.29, 1.82) is 0 Å². The molecule has 0 bridgehead atoms. The molecule has 1 atom stereocenters. The maximum Gasteiger partial charge on any atom is 0.237 e. The van der Waals surface area contributed by atoms with Gasteiger partial charge >= 0.3 is 0 Å². The summed E-state index contributed by atoms with van der Waals surface area (Å²) in [5, 5.41) is 6.19. The molecule has 114 valence electrons. The van der Waals surface area contributed by atoms with E-state index in [9.17, 15) is 9.18 Å². The first-order valence-corrected chi connectivity index (χ1v) is 7.55. The fourth-order valence-electron chi connectivity index (χ4n) is 2.79. The van der Waals surface area contributed by atoms with Gasteiger partial charge in [0.05, 0.1) is 6.04 Å². The molecule has 0 spiro atoms. The van der Waals surface area contributed by atoms with Crippen LogP contribution in [-0.2, 0) is 24.2 Å². The molecule has 1 unspecified atom stereocenters. The van der Waals surface area contributed by atoms with Crippen molar-refractivity contribution in [2.24, 2.45) is 0 Å². The lowest BCUT2D eigenvalue weighted by Crippen LogP contribution is -2.48. The molecule has 2 N–H and O–H groups in total. The van der Waals surface area contributed by atoms with Crippen molar-refractivity contribution in [3.8, 4) is 0 Å². The smallest absolute Gasteiger partial charge is 0.237 e. The third-order valence-corrected chi connectivity index (χ3v) is 4.00. The van der Waals surface area contributed by atoms with Crippen molar-refractivity contribution in [3.05, 3.63) is 71.0 Å². The van der Waals surface area contributed by atoms with Crippen molar-refractivity contribution in [2.45, 2.75) is 25.4 Å². The van der Waals surface area contributed by atoms with Crippen LogP contribution < -0.4 is 10.6 Å². The van der Waals surface area contributed by atoms with E-state index < -0.39 is 0 Å². The highest BCUT2D eigenvalue weighted by Crippen LogP contribution is 2.16. The first kappa shape index (κ1) is 14.7. The van der Waals surface area contributed by atoms with Gasteiger partial charge in [0.25, 0.3) is 0 Å². The van der Waals surface area contributed by atoms with Crippen LogP contribution in [0.3, 0.4) is 0 Å². The molecule has 2 aromatic rings. The highest BCUT2D eigenvalue weighted by molar-refractivity contribution is 5.82. The lowest BCUT2D eigenvalue weighted by atomic mass is 9.95. The fraction of sp³-hybridized carbons (Fsp3) is 0.278. The monoisotopic (exact) mass is 298 g/mol. The molecule has 0 radical (unpaired) electrons. The van der Waals surface area contributed by atoms with Crippen LogP contribution in [0, 0.1) is 5.82 Å². The quantitative estimate of drug-likeness (QED) is 0.908. The number of carbonyl (C=O) groups is 1. The number of hydrogen-bond donors (Lipinski definition) is 2. The van der Waals surface area contributed by atoms with Gasteiger partial charge in [0.15, 0.2) is 0 Å². The third-order valence-electron chi connectivity index (χ3n) is 4.00. The molecule has 1 heterocycles. The minimum atomic E-state index is -0.241. The largest absolute Gasteiger partial charge is 0.354 e. The molecule has 0 fully saturated rings. The van der Waals surface area contributed by atoms with Gasteiger partial charge in [0.1, 0.15) is 5.82 Å². The number of nitrogens with one attached hydrogen (secondary N) is 2. The lowest BCUT2D eigenvalue weighted by molar-refractivity contribution is -0.123. The van der Waals surface area contributed by atoms with Crippen molar-refractivity contribution < 1.29 is 9.18 Å². The lowest BCUT2D eigenvalue weighted by Gasteiger charge is -2.25. The van der Waals surface area contributed by atoms with E-state index in [0.717, 1.165) is 12.1 Å². The number of carbonyl (C=O) groups excluding carboxylic acids is 1. The molecule has 4 heteroatoms. The normalized spacial score (nSPS) is 16.9. The summed E-state index contributed by atoms with van der Waals surface area (Å²) >= 11 is 0. The Labute approximate surface area is 129 Å². The summed E-state index contributed by atoms with van der Waals surface area (Å²) in [6.07, 6.45) is 1.34. The minimum absolute atomic E-state index is 0.00547. The van der Waals surface area contributed by atoms with Crippen molar-refractivity contribution in [1.82, 2.24) is 10.6 Å². The van der Waals surface area contributed by atoms with E-state index in [2.05, 4.69) is 22.8 Å². The van der Waals surface area contributed by atoms with E-state index in [-0.39, 0.29) is 17.8 Å². The molecule has 3 nitrogen and oxygen atoms in total. The van der Waals surface area contributed by atoms with Crippen LogP contribution >= 0.6 is 0 Å². The summed E-state index contributed by atoms with van der Waals surface area (Å²) in [5.41, 5.74) is 3.38. The molecular weight excluding hydrogens is 279 g/mol. The molecule has 0 saturated carbocycles. The van der Waals surface area contributed by atoms with Crippen LogP contribution in [0.1, 0.15) is 16.7 Å². The summed E-state index contributed by atoms with van der Waals surface area (Å²) in [7, 11) is 0. The Morgan fingerprint density at radius 1 is 1.18 bits per heavy atom. The maximum absolute atomic E-state index is 13.1. The standard InChI is InChI=1S/C18H19FN2O/c19-16-7-3-4-13(10-16)8-9-20-18(22)17-11-14-5-1-2-6-15(14)12-21-17/h1-7,10,17,21H,8-9,11-12H2,(H,20,22). The second-order valence-corrected chi connectivity index (χ2v) is 5.58. The predicted octanol–water partition coefficient (Wildman–Crippen LogP) is 2.20. The van der Waals surface area contributed by atoms with Crippen LogP contribution in [0.5, 0.6) is 0 Å². The van der Waals surface area contributed by atoms with Gasteiger partial charge in [0, 0.05) is 13.1 Å². The number of rotatable bonds is 4. The summed E-state index contributed by atoms with van der Waals surface area (Å²) in [6.45, 7) is 1.24. The second kappa shape index (κ2) is 6.71. The first-order valence-electron chi connectivity index (χ1n) is 7.55. The highest BCUT2D eigenvalue weighted by Gasteiger charge is 2.23. The third kappa shape index (κ3) is 3.52. The van der Waals surface area contributed by atoms with Gasteiger partial charge in [-0.05, 0) is 41.7 Å². The zero-order valence-electron chi connectivity index (χ0n) is 12.3. The molecular formula is C18H19FN2O. The van der Waals surface area contributed by atoms with Gasteiger partial charge in [-0.3, -0.25) is 4.79 Å². The van der Waals surface area contributed by atoms with E-state index in [0.29, 0.717) is 19.4 Å². The van der Waals surface area contributed by atoms with E-state index >= 15 is 0 Å². The summed E-state index contributed by atoms with van der Waals surface area (Å²) in [4.78, 5) is 12.2. The van der Waals surface area contributed by atoms with Crippen molar-refractivity contribution in [3.63, 3.8) is 0 Å².